The van der Waals surface area contributed by atoms with Crippen LogP contribution < -0.4 is 9.47 Å². The Morgan fingerprint density at radius 1 is 1.20 bits per heavy atom. The second-order valence-electron chi connectivity index (χ2n) is 4.17. The van der Waals surface area contributed by atoms with Crippen molar-refractivity contribution in [3.8, 4) is 22.9 Å². The molecule has 3 rings (SSSR count). The Kier molecular flexibility index (Phi) is 3.20. The van der Waals surface area contributed by atoms with Crippen LogP contribution in [0.25, 0.3) is 22.4 Å². The van der Waals surface area contributed by atoms with Crippen molar-refractivity contribution in [1.29, 1.82) is 0 Å². The van der Waals surface area contributed by atoms with E-state index < -0.39 is 0 Å². The molecule has 6 heteroatoms. The first-order chi connectivity index (χ1) is 9.81. The maximum atomic E-state index is 5.66. The van der Waals surface area contributed by atoms with Crippen LogP contribution in [0, 0.1) is 0 Å². The Labute approximate surface area is 115 Å². The molecule has 0 saturated heterocycles. The minimum atomic E-state index is 0.573. The second-order valence-corrected chi connectivity index (χ2v) is 4.17. The Morgan fingerprint density at radius 2 is 2.05 bits per heavy atom. The molecule has 6 nitrogen and oxygen atoms in total. The van der Waals surface area contributed by atoms with Gasteiger partial charge < -0.3 is 14.5 Å². The predicted octanol–water partition coefficient (Wildman–Crippen LogP) is 2.43. The van der Waals surface area contributed by atoms with Crippen molar-refractivity contribution < 1.29 is 9.47 Å². The van der Waals surface area contributed by atoms with Crippen molar-refractivity contribution in [3.05, 3.63) is 30.6 Å². The second kappa shape index (κ2) is 5.16. The van der Waals surface area contributed by atoms with Crippen LogP contribution in [0.1, 0.15) is 6.92 Å². The molecule has 0 aliphatic rings. The van der Waals surface area contributed by atoms with E-state index in [0.717, 1.165) is 33.9 Å². The Bertz CT molecular complexity index is 706. The summed E-state index contributed by atoms with van der Waals surface area (Å²) in [6.07, 6.45) is 3.27. The molecular formula is C14H14N4O2. The van der Waals surface area contributed by atoms with Crippen LogP contribution in [-0.4, -0.2) is 33.9 Å². The van der Waals surface area contributed by atoms with E-state index in [2.05, 4.69) is 20.2 Å². The quantitative estimate of drug-likeness (QED) is 0.788. The van der Waals surface area contributed by atoms with Gasteiger partial charge in [0.15, 0.2) is 0 Å². The van der Waals surface area contributed by atoms with E-state index in [0.29, 0.717) is 6.61 Å². The van der Waals surface area contributed by atoms with Crippen LogP contribution in [0.5, 0.6) is 11.5 Å². The first-order valence-corrected chi connectivity index (χ1v) is 6.29. The number of hydrogen-bond donors (Lipinski definition) is 1. The van der Waals surface area contributed by atoms with E-state index in [1.807, 2.05) is 25.1 Å². The van der Waals surface area contributed by atoms with Gasteiger partial charge in [0, 0.05) is 6.07 Å². The van der Waals surface area contributed by atoms with Crippen molar-refractivity contribution >= 4 is 11.0 Å². The maximum absolute atomic E-state index is 5.66. The maximum Gasteiger partial charge on any atom is 0.142 e. The number of ether oxygens (including phenoxy) is 2. The number of aromatic nitrogens is 4. The van der Waals surface area contributed by atoms with Crippen LogP contribution >= 0.6 is 0 Å². The summed E-state index contributed by atoms with van der Waals surface area (Å²) in [6.45, 7) is 2.51. The van der Waals surface area contributed by atoms with Gasteiger partial charge in [-0.05, 0) is 19.1 Å². The van der Waals surface area contributed by atoms with Gasteiger partial charge in [-0.1, -0.05) is 0 Å². The fourth-order valence-corrected chi connectivity index (χ4v) is 2.00. The van der Waals surface area contributed by atoms with Gasteiger partial charge in [-0.15, -0.1) is 0 Å². The molecule has 0 bridgehead atoms. The molecule has 0 saturated carbocycles. The van der Waals surface area contributed by atoms with Crippen molar-refractivity contribution in [1.82, 2.24) is 20.2 Å². The summed E-state index contributed by atoms with van der Waals surface area (Å²) in [5, 5.41) is 7.66. The number of rotatable bonds is 4. The highest BCUT2D eigenvalue weighted by molar-refractivity contribution is 5.79. The number of H-pyrrole nitrogens is 1. The molecular weight excluding hydrogens is 256 g/mol. The van der Waals surface area contributed by atoms with E-state index in [4.69, 9.17) is 9.47 Å². The molecule has 0 aliphatic carbocycles. The van der Waals surface area contributed by atoms with Crippen LogP contribution in [0.3, 0.4) is 0 Å². The minimum Gasteiger partial charge on any atom is -0.497 e. The molecule has 0 amide bonds. The van der Waals surface area contributed by atoms with Crippen LogP contribution in [0.2, 0.25) is 0 Å². The molecule has 1 aromatic carbocycles. The molecule has 20 heavy (non-hydrogen) atoms. The predicted molar refractivity (Wildman–Crippen MR) is 74.8 cm³/mol. The number of aromatic amines is 1. The zero-order chi connectivity index (χ0) is 13.9. The number of methoxy groups -OCH3 is 1. The van der Waals surface area contributed by atoms with Gasteiger partial charge in [-0.3, -0.25) is 0 Å². The van der Waals surface area contributed by atoms with E-state index in [1.165, 1.54) is 0 Å². The molecule has 3 aromatic rings. The van der Waals surface area contributed by atoms with Gasteiger partial charge in [-0.25, -0.2) is 4.98 Å². The highest BCUT2D eigenvalue weighted by Gasteiger charge is 2.12. The monoisotopic (exact) mass is 270 g/mol. The van der Waals surface area contributed by atoms with Crippen molar-refractivity contribution in [2.24, 2.45) is 0 Å². The van der Waals surface area contributed by atoms with Crippen LogP contribution in [-0.2, 0) is 0 Å². The van der Waals surface area contributed by atoms with Gasteiger partial charge in [0.25, 0.3) is 0 Å². The van der Waals surface area contributed by atoms with Gasteiger partial charge in [0.1, 0.15) is 22.8 Å². The summed E-state index contributed by atoms with van der Waals surface area (Å²) >= 11 is 0. The van der Waals surface area contributed by atoms with Crippen molar-refractivity contribution in [2.75, 3.05) is 13.7 Å². The average Bonchev–Trinajstić information content (AvgIpc) is 2.91. The summed E-state index contributed by atoms with van der Waals surface area (Å²) < 4.78 is 10.9. The molecule has 2 heterocycles. The zero-order valence-corrected chi connectivity index (χ0v) is 11.3. The molecule has 0 atom stereocenters. The third kappa shape index (κ3) is 2.16. The van der Waals surface area contributed by atoms with E-state index in [1.54, 1.807) is 19.5 Å². The molecule has 0 unspecified atom stereocenters. The van der Waals surface area contributed by atoms with E-state index in [9.17, 15) is 0 Å². The summed E-state index contributed by atoms with van der Waals surface area (Å²) in [4.78, 5) is 7.72. The summed E-state index contributed by atoms with van der Waals surface area (Å²) in [6, 6.07) is 5.65. The topological polar surface area (TPSA) is 72.9 Å². The van der Waals surface area contributed by atoms with Gasteiger partial charge >= 0.3 is 0 Å². The number of benzene rings is 1. The van der Waals surface area contributed by atoms with E-state index >= 15 is 0 Å². The third-order valence-electron chi connectivity index (χ3n) is 2.94. The summed E-state index contributed by atoms with van der Waals surface area (Å²) in [5.41, 5.74) is 2.49. The van der Waals surface area contributed by atoms with Crippen molar-refractivity contribution in [3.63, 3.8) is 0 Å². The van der Waals surface area contributed by atoms with E-state index in [-0.39, 0.29) is 0 Å². The molecule has 0 radical (unpaired) electrons. The molecule has 102 valence electrons. The molecule has 0 fully saturated rings. The number of nitrogens with one attached hydrogen (secondary N) is 1. The first kappa shape index (κ1) is 12.4. The van der Waals surface area contributed by atoms with Gasteiger partial charge in [0.05, 0.1) is 37.2 Å². The van der Waals surface area contributed by atoms with Crippen LogP contribution in [0.15, 0.2) is 30.6 Å². The minimum absolute atomic E-state index is 0.573. The fraction of sp³-hybridized carbons (Fsp3) is 0.214. The lowest BCUT2D eigenvalue weighted by Gasteiger charge is -2.10. The van der Waals surface area contributed by atoms with Gasteiger partial charge in [0.2, 0.25) is 0 Å². The zero-order valence-electron chi connectivity index (χ0n) is 11.3. The molecule has 0 aliphatic heterocycles. The largest absolute Gasteiger partial charge is 0.497 e. The number of nitrogens with zero attached hydrogens (tertiary/aromatic N) is 3. The van der Waals surface area contributed by atoms with Crippen LogP contribution in [0.4, 0.5) is 0 Å². The SMILES string of the molecule is CCOc1cc(OC)ccc1-c1nc2cnncc2[nH]1. The number of hydrogen-bond acceptors (Lipinski definition) is 5. The number of imidazole rings is 1. The number of fused-ring (bicyclic) bond motifs is 1. The lowest BCUT2D eigenvalue weighted by molar-refractivity contribution is 0.337. The Hall–Kier alpha value is -2.63. The lowest BCUT2D eigenvalue weighted by Crippen LogP contribution is -1.96. The highest BCUT2D eigenvalue weighted by atomic mass is 16.5. The Morgan fingerprint density at radius 3 is 2.80 bits per heavy atom. The lowest BCUT2D eigenvalue weighted by atomic mass is 10.2. The standard InChI is InChI=1S/C14H14N4O2/c1-3-20-13-6-9(19-2)4-5-10(13)14-17-11-7-15-16-8-12(11)18-14/h4-8H,3H2,1-2H3,(H,17,18). The first-order valence-electron chi connectivity index (χ1n) is 6.29. The molecule has 2 aromatic heterocycles. The smallest absolute Gasteiger partial charge is 0.142 e. The van der Waals surface area contributed by atoms with Gasteiger partial charge in [-0.2, -0.15) is 10.2 Å². The summed E-state index contributed by atoms with van der Waals surface area (Å²) in [5.74, 6) is 2.20. The normalized spacial score (nSPS) is 10.7. The fourth-order valence-electron chi connectivity index (χ4n) is 2.00. The average molecular weight is 270 g/mol. The van der Waals surface area contributed by atoms with Crippen molar-refractivity contribution in [2.45, 2.75) is 6.92 Å². The molecule has 1 N–H and O–H groups in total. The summed E-state index contributed by atoms with van der Waals surface area (Å²) in [7, 11) is 1.63. The highest BCUT2D eigenvalue weighted by Crippen LogP contribution is 2.32. The Balaban J connectivity index is 2.12. The molecule has 0 spiro atoms. The third-order valence-corrected chi connectivity index (χ3v) is 2.94.